The molecule has 2 fully saturated rings. The largest absolute Gasteiger partial charge is 0.362 e. The molecule has 2 saturated heterocycles. The Morgan fingerprint density at radius 2 is 1.88 bits per heavy atom. The third-order valence-electron chi connectivity index (χ3n) is 7.58. The maximum atomic E-state index is 13.3. The number of aryl methyl sites for hydroxylation is 2. The Labute approximate surface area is 199 Å². The van der Waals surface area contributed by atoms with E-state index >= 15 is 0 Å². The summed E-state index contributed by atoms with van der Waals surface area (Å²) in [7, 11) is -3.44. The van der Waals surface area contributed by atoms with Crippen molar-refractivity contribution in [2.45, 2.75) is 70.1 Å². The van der Waals surface area contributed by atoms with Crippen LogP contribution in [-0.4, -0.2) is 55.5 Å². The van der Waals surface area contributed by atoms with Crippen LogP contribution < -0.4 is 5.32 Å². The van der Waals surface area contributed by atoms with E-state index in [0.29, 0.717) is 18.0 Å². The summed E-state index contributed by atoms with van der Waals surface area (Å²) in [4.78, 5) is 2.76. The molecule has 5 nitrogen and oxygen atoms in total. The van der Waals surface area contributed by atoms with Crippen molar-refractivity contribution in [2.75, 3.05) is 32.7 Å². The van der Waals surface area contributed by atoms with Crippen LogP contribution in [0.5, 0.6) is 0 Å². The first-order valence-corrected chi connectivity index (χ1v) is 13.9. The number of sulfonamides is 1. The maximum absolute atomic E-state index is 13.3. The molecule has 0 amide bonds. The molecule has 2 heterocycles. The fourth-order valence-electron chi connectivity index (χ4n) is 5.42. The van der Waals surface area contributed by atoms with Crippen molar-refractivity contribution in [2.24, 2.45) is 5.41 Å². The van der Waals surface area contributed by atoms with Gasteiger partial charge in [-0.15, -0.1) is 0 Å². The number of nitrogens with zero attached hydrogens (tertiary/aromatic N) is 2. The predicted molar refractivity (Wildman–Crippen MR) is 134 cm³/mol. The van der Waals surface area contributed by atoms with Crippen molar-refractivity contribution in [3.05, 3.63) is 41.0 Å². The molecular formula is C25H37N3O2S2. The van der Waals surface area contributed by atoms with E-state index in [0.717, 1.165) is 61.6 Å². The molecule has 1 spiro atoms. The van der Waals surface area contributed by atoms with E-state index in [9.17, 15) is 8.42 Å². The van der Waals surface area contributed by atoms with Crippen LogP contribution in [0.3, 0.4) is 0 Å². The predicted octanol–water partition coefficient (Wildman–Crippen LogP) is 4.55. The Kier molecular flexibility index (Phi) is 7.27. The summed E-state index contributed by atoms with van der Waals surface area (Å²) in [6.45, 7) is 7.84. The van der Waals surface area contributed by atoms with Gasteiger partial charge in [-0.05, 0) is 100 Å². The molecule has 0 unspecified atom stereocenters. The van der Waals surface area contributed by atoms with E-state index in [4.69, 9.17) is 12.2 Å². The van der Waals surface area contributed by atoms with Crippen LogP contribution in [0.4, 0.5) is 0 Å². The van der Waals surface area contributed by atoms with Gasteiger partial charge in [0, 0.05) is 32.7 Å². The van der Waals surface area contributed by atoms with Gasteiger partial charge in [-0.1, -0.05) is 23.8 Å². The van der Waals surface area contributed by atoms with E-state index in [-0.39, 0.29) is 5.41 Å². The van der Waals surface area contributed by atoms with Crippen LogP contribution >= 0.6 is 12.2 Å². The number of likely N-dealkylation sites (tertiary alicyclic amines) is 1. The summed E-state index contributed by atoms with van der Waals surface area (Å²) in [5.41, 5.74) is 3.56. The molecule has 1 aromatic rings. The lowest BCUT2D eigenvalue weighted by Crippen LogP contribution is -2.45. The minimum atomic E-state index is -3.44. The van der Waals surface area contributed by atoms with Crippen LogP contribution in [0.25, 0.3) is 0 Å². The number of hydrogen-bond acceptors (Lipinski definition) is 3. The molecule has 0 atom stereocenters. The van der Waals surface area contributed by atoms with Gasteiger partial charge in [0.25, 0.3) is 0 Å². The maximum Gasteiger partial charge on any atom is 0.243 e. The van der Waals surface area contributed by atoms with Crippen molar-refractivity contribution in [3.8, 4) is 0 Å². The average Bonchev–Trinajstić information content (AvgIpc) is 3.20. The number of rotatable bonds is 5. The molecule has 2 aliphatic heterocycles. The second-order valence-electron chi connectivity index (χ2n) is 9.93. The van der Waals surface area contributed by atoms with Gasteiger partial charge in [0.2, 0.25) is 10.0 Å². The smallest absolute Gasteiger partial charge is 0.243 e. The van der Waals surface area contributed by atoms with Gasteiger partial charge in [0.15, 0.2) is 5.11 Å². The molecule has 7 heteroatoms. The van der Waals surface area contributed by atoms with Gasteiger partial charge >= 0.3 is 0 Å². The number of piperidine rings is 1. The van der Waals surface area contributed by atoms with Gasteiger partial charge in [-0.3, -0.25) is 0 Å². The summed E-state index contributed by atoms with van der Waals surface area (Å²) in [5.74, 6) is 0. The Morgan fingerprint density at radius 3 is 2.59 bits per heavy atom. The number of nitrogens with one attached hydrogen (secondary N) is 1. The molecule has 4 rings (SSSR count). The third-order valence-corrected chi connectivity index (χ3v) is 10.0. The van der Waals surface area contributed by atoms with Gasteiger partial charge in [0.05, 0.1) is 4.90 Å². The average molecular weight is 476 g/mol. The van der Waals surface area contributed by atoms with E-state index in [2.05, 4.69) is 16.3 Å². The molecular weight excluding hydrogens is 438 g/mol. The van der Waals surface area contributed by atoms with Gasteiger partial charge in [-0.2, -0.15) is 4.31 Å². The highest BCUT2D eigenvalue weighted by Gasteiger charge is 2.43. The van der Waals surface area contributed by atoms with Gasteiger partial charge in [0.1, 0.15) is 0 Å². The summed E-state index contributed by atoms with van der Waals surface area (Å²) >= 11 is 5.70. The zero-order valence-corrected chi connectivity index (χ0v) is 21.2. The van der Waals surface area contributed by atoms with Gasteiger partial charge < -0.3 is 10.2 Å². The van der Waals surface area contributed by atoms with Crippen molar-refractivity contribution in [1.82, 2.24) is 14.5 Å². The summed E-state index contributed by atoms with van der Waals surface area (Å²) in [5, 5.41) is 4.33. The summed E-state index contributed by atoms with van der Waals surface area (Å²) < 4.78 is 28.2. The SMILES string of the molecule is Cc1ccc(C)c(S(=O)(=O)N2CCC3(CCN(C(=S)NCCC4=CCCCC4)C3)CC2)c1. The standard InChI is InChI=1S/C25H37N3O2S2/c1-20-8-9-21(2)23(18-20)32(29,30)28-16-12-25(13-17-28)11-15-27(19-25)24(31)26-14-10-22-6-4-3-5-7-22/h6,8-9,18H,3-5,7,10-17,19H2,1-2H3,(H,26,31). The number of hydrogen-bond donors (Lipinski definition) is 1. The first kappa shape index (κ1) is 23.7. The van der Waals surface area contributed by atoms with Crippen LogP contribution in [0, 0.1) is 19.3 Å². The Hall–Kier alpha value is -1.44. The van der Waals surface area contributed by atoms with Crippen molar-refractivity contribution in [1.29, 1.82) is 0 Å². The van der Waals surface area contributed by atoms with E-state index in [1.807, 2.05) is 26.0 Å². The van der Waals surface area contributed by atoms with E-state index in [1.165, 1.54) is 25.7 Å². The minimum Gasteiger partial charge on any atom is -0.362 e. The molecule has 0 radical (unpaired) electrons. The lowest BCUT2D eigenvalue weighted by molar-refractivity contribution is 0.166. The third kappa shape index (κ3) is 5.20. The molecule has 0 bridgehead atoms. The Balaban J connectivity index is 1.29. The van der Waals surface area contributed by atoms with Crippen LogP contribution in [0.15, 0.2) is 34.7 Å². The van der Waals surface area contributed by atoms with Crippen LogP contribution in [0.2, 0.25) is 0 Å². The molecule has 176 valence electrons. The van der Waals surface area contributed by atoms with Crippen LogP contribution in [-0.2, 0) is 10.0 Å². The molecule has 0 aromatic heterocycles. The number of thiocarbonyl (C=S) groups is 1. The van der Waals surface area contributed by atoms with E-state index in [1.54, 1.807) is 15.9 Å². The highest BCUT2D eigenvalue weighted by Crippen LogP contribution is 2.41. The van der Waals surface area contributed by atoms with Crippen molar-refractivity contribution >= 4 is 27.4 Å². The molecule has 1 aliphatic carbocycles. The summed E-state index contributed by atoms with van der Waals surface area (Å²) in [6, 6.07) is 5.68. The second-order valence-corrected chi connectivity index (χ2v) is 12.2. The fourth-order valence-corrected chi connectivity index (χ4v) is 7.42. The first-order chi connectivity index (χ1) is 15.3. The Bertz CT molecular complexity index is 979. The molecule has 32 heavy (non-hydrogen) atoms. The number of benzene rings is 1. The first-order valence-electron chi connectivity index (χ1n) is 12.1. The molecule has 1 aromatic carbocycles. The Morgan fingerprint density at radius 1 is 1.12 bits per heavy atom. The van der Waals surface area contributed by atoms with Crippen molar-refractivity contribution in [3.63, 3.8) is 0 Å². The highest BCUT2D eigenvalue weighted by molar-refractivity contribution is 7.89. The van der Waals surface area contributed by atoms with Gasteiger partial charge in [-0.25, -0.2) is 8.42 Å². The fraction of sp³-hybridized carbons (Fsp3) is 0.640. The normalized spacial score (nSPS) is 21.6. The van der Waals surface area contributed by atoms with Crippen molar-refractivity contribution < 1.29 is 8.42 Å². The topological polar surface area (TPSA) is 52.7 Å². The number of allylic oxidation sites excluding steroid dienone is 1. The monoisotopic (exact) mass is 475 g/mol. The highest BCUT2D eigenvalue weighted by atomic mass is 32.2. The zero-order valence-electron chi connectivity index (χ0n) is 19.5. The zero-order chi connectivity index (χ0) is 22.8. The second kappa shape index (κ2) is 9.82. The lowest BCUT2D eigenvalue weighted by Gasteiger charge is -2.39. The van der Waals surface area contributed by atoms with Crippen LogP contribution in [0.1, 0.15) is 62.5 Å². The summed E-state index contributed by atoms with van der Waals surface area (Å²) in [6.07, 6.45) is 11.5. The van der Waals surface area contributed by atoms with E-state index < -0.39 is 10.0 Å². The molecule has 0 saturated carbocycles. The lowest BCUT2D eigenvalue weighted by atomic mass is 9.78. The minimum absolute atomic E-state index is 0.186. The quantitative estimate of drug-likeness (QED) is 0.500. The molecule has 1 N–H and O–H groups in total. The molecule has 3 aliphatic rings.